The average Bonchev–Trinajstić information content (AvgIpc) is 3.01. The summed E-state index contributed by atoms with van der Waals surface area (Å²) in [6.45, 7) is 5.57. The minimum atomic E-state index is -0.603. The molecule has 0 radical (unpaired) electrons. The maximum atomic E-state index is 13.1. The van der Waals surface area contributed by atoms with Gasteiger partial charge < -0.3 is 14.9 Å². The third-order valence-electron chi connectivity index (χ3n) is 5.63. The van der Waals surface area contributed by atoms with Crippen molar-refractivity contribution in [3.8, 4) is 5.75 Å². The van der Waals surface area contributed by atoms with Crippen LogP contribution in [0, 0.1) is 0 Å². The maximum absolute atomic E-state index is 13.1. The molecule has 1 atom stereocenters. The number of benzene rings is 1. The second-order valence-electron chi connectivity index (χ2n) is 7.54. The van der Waals surface area contributed by atoms with Crippen LogP contribution < -0.4 is 0 Å². The third kappa shape index (κ3) is 3.37. The molecule has 2 saturated heterocycles. The summed E-state index contributed by atoms with van der Waals surface area (Å²) in [6, 6.07) is 7.15. The van der Waals surface area contributed by atoms with Crippen molar-refractivity contribution >= 4 is 11.8 Å². The van der Waals surface area contributed by atoms with Crippen LogP contribution in [0.25, 0.3) is 0 Å². The lowest BCUT2D eigenvalue weighted by molar-refractivity contribution is -0.156. The molecular weight excluding hydrogens is 316 g/mol. The highest BCUT2D eigenvalue weighted by Gasteiger charge is 2.52. The lowest BCUT2D eigenvalue weighted by Crippen LogP contribution is -2.62. The summed E-state index contributed by atoms with van der Waals surface area (Å²) >= 11 is 0. The zero-order chi connectivity index (χ0) is 18.0. The topological polar surface area (TPSA) is 60.9 Å². The standard InChI is InChI=1S/C20H28N2O3/c1-15(2)21-13-3-11-20(19(21)25)12-4-14-22(20)18(24)10-7-16-5-8-17(23)9-6-16/h5-6,8-9,15,23H,3-4,7,10-14H2,1-2H3. The minimum Gasteiger partial charge on any atom is -0.508 e. The number of likely N-dealkylation sites (tertiary alicyclic amines) is 2. The van der Waals surface area contributed by atoms with Crippen LogP contribution in [0.15, 0.2) is 24.3 Å². The number of carbonyl (C=O) groups excluding carboxylic acids is 2. The van der Waals surface area contributed by atoms with Gasteiger partial charge in [-0.2, -0.15) is 0 Å². The molecule has 1 unspecified atom stereocenters. The van der Waals surface area contributed by atoms with Gasteiger partial charge >= 0.3 is 0 Å². The van der Waals surface area contributed by atoms with E-state index in [1.54, 1.807) is 12.1 Å². The van der Waals surface area contributed by atoms with Crippen LogP contribution in [0.3, 0.4) is 0 Å². The quantitative estimate of drug-likeness (QED) is 0.913. The number of aromatic hydroxyl groups is 1. The van der Waals surface area contributed by atoms with Gasteiger partial charge in [0.1, 0.15) is 11.3 Å². The smallest absolute Gasteiger partial charge is 0.248 e. The lowest BCUT2D eigenvalue weighted by Gasteiger charge is -2.46. The summed E-state index contributed by atoms with van der Waals surface area (Å²) in [6.07, 6.45) is 4.49. The molecule has 2 amide bonds. The molecule has 0 aromatic heterocycles. The van der Waals surface area contributed by atoms with Gasteiger partial charge in [-0.15, -0.1) is 0 Å². The molecular formula is C20H28N2O3. The first-order valence-electron chi connectivity index (χ1n) is 9.33. The van der Waals surface area contributed by atoms with Crippen molar-refractivity contribution in [3.05, 3.63) is 29.8 Å². The fraction of sp³-hybridized carbons (Fsp3) is 0.600. The van der Waals surface area contributed by atoms with Gasteiger partial charge in [0, 0.05) is 25.6 Å². The van der Waals surface area contributed by atoms with E-state index in [0.29, 0.717) is 19.4 Å². The van der Waals surface area contributed by atoms with Gasteiger partial charge in [-0.3, -0.25) is 9.59 Å². The number of hydrogen-bond donors (Lipinski definition) is 1. The highest BCUT2D eigenvalue weighted by molar-refractivity contribution is 5.93. The maximum Gasteiger partial charge on any atom is 0.248 e. The summed E-state index contributed by atoms with van der Waals surface area (Å²) in [7, 11) is 0. The van der Waals surface area contributed by atoms with Crippen molar-refractivity contribution in [2.75, 3.05) is 13.1 Å². The molecule has 0 aliphatic carbocycles. The van der Waals surface area contributed by atoms with E-state index in [1.165, 1.54) is 0 Å². The number of piperidine rings is 1. The van der Waals surface area contributed by atoms with Gasteiger partial charge in [0.2, 0.25) is 11.8 Å². The molecule has 2 aliphatic rings. The largest absolute Gasteiger partial charge is 0.508 e. The molecule has 5 heteroatoms. The van der Waals surface area contributed by atoms with E-state index in [2.05, 4.69) is 0 Å². The summed E-state index contributed by atoms with van der Waals surface area (Å²) in [5.41, 5.74) is 0.423. The number of aryl methyl sites for hydroxylation is 1. The fourth-order valence-corrected chi connectivity index (χ4v) is 4.28. The first-order valence-corrected chi connectivity index (χ1v) is 9.33. The van der Waals surface area contributed by atoms with E-state index in [4.69, 9.17) is 0 Å². The first-order chi connectivity index (χ1) is 11.9. The first kappa shape index (κ1) is 17.8. The highest BCUT2D eigenvalue weighted by Crippen LogP contribution is 2.39. The lowest BCUT2D eigenvalue weighted by atomic mass is 9.84. The van der Waals surface area contributed by atoms with Crippen LogP contribution in [-0.2, 0) is 16.0 Å². The van der Waals surface area contributed by atoms with Crippen molar-refractivity contribution in [2.24, 2.45) is 0 Å². The second kappa shape index (κ2) is 7.06. The minimum absolute atomic E-state index is 0.0736. The Kier molecular flexibility index (Phi) is 5.02. The molecule has 1 spiro atoms. The van der Waals surface area contributed by atoms with Crippen LogP contribution >= 0.6 is 0 Å². The van der Waals surface area contributed by atoms with Gasteiger partial charge in [0.15, 0.2) is 0 Å². The van der Waals surface area contributed by atoms with Crippen LogP contribution in [0.5, 0.6) is 5.75 Å². The monoisotopic (exact) mass is 344 g/mol. The van der Waals surface area contributed by atoms with E-state index in [0.717, 1.165) is 37.8 Å². The number of phenolic OH excluding ortho intramolecular Hbond substituents is 1. The number of hydrogen-bond acceptors (Lipinski definition) is 3. The Morgan fingerprint density at radius 2 is 1.80 bits per heavy atom. The van der Waals surface area contributed by atoms with E-state index < -0.39 is 5.54 Å². The molecule has 0 saturated carbocycles. The molecule has 0 bridgehead atoms. The SMILES string of the molecule is CC(C)N1CCCC2(CCCN2C(=O)CCc2ccc(O)cc2)C1=O. The molecule has 136 valence electrons. The number of rotatable bonds is 4. The number of phenols is 1. The van der Waals surface area contributed by atoms with Crippen LogP contribution in [0.1, 0.15) is 51.5 Å². The van der Waals surface area contributed by atoms with Crippen molar-refractivity contribution < 1.29 is 14.7 Å². The fourth-order valence-electron chi connectivity index (χ4n) is 4.28. The zero-order valence-electron chi connectivity index (χ0n) is 15.2. The van der Waals surface area contributed by atoms with Crippen LogP contribution in [0.2, 0.25) is 0 Å². The molecule has 1 aromatic rings. The number of carbonyl (C=O) groups is 2. The van der Waals surface area contributed by atoms with Gasteiger partial charge in [0.05, 0.1) is 0 Å². The summed E-state index contributed by atoms with van der Waals surface area (Å²) in [4.78, 5) is 29.8. The molecule has 3 rings (SSSR count). The highest BCUT2D eigenvalue weighted by atomic mass is 16.3. The van der Waals surface area contributed by atoms with Gasteiger partial charge in [-0.1, -0.05) is 12.1 Å². The van der Waals surface area contributed by atoms with Crippen LogP contribution in [0.4, 0.5) is 0 Å². The number of amides is 2. The number of nitrogens with zero attached hydrogens (tertiary/aromatic N) is 2. The molecule has 2 heterocycles. The predicted molar refractivity (Wildman–Crippen MR) is 96.2 cm³/mol. The van der Waals surface area contributed by atoms with E-state index >= 15 is 0 Å². The van der Waals surface area contributed by atoms with Gasteiger partial charge in [0.25, 0.3) is 0 Å². The summed E-state index contributed by atoms with van der Waals surface area (Å²) < 4.78 is 0. The van der Waals surface area contributed by atoms with Crippen molar-refractivity contribution in [3.63, 3.8) is 0 Å². The third-order valence-corrected chi connectivity index (χ3v) is 5.63. The van der Waals surface area contributed by atoms with E-state index in [9.17, 15) is 14.7 Å². The van der Waals surface area contributed by atoms with E-state index in [1.807, 2.05) is 35.8 Å². The van der Waals surface area contributed by atoms with Crippen molar-refractivity contribution in [1.82, 2.24) is 9.80 Å². The zero-order valence-corrected chi connectivity index (χ0v) is 15.2. The van der Waals surface area contributed by atoms with Gasteiger partial charge in [-0.05, 0) is 63.6 Å². The molecule has 1 N–H and O–H groups in total. The average molecular weight is 344 g/mol. The molecule has 2 fully saturated rings. The Hall–Kier alpha value is -2.04. The summed E-state index contributed by atoms with van der Waals surface area (Å²) in [5.74, 6) is 0.448. The van der Waals surface area contributed by atoms with Crippen molar-refractivity contribution in [2.45, 2.75) is 64.0 Å². The normalized spacial score (nSPS) is 23.7. The Balaban J connectivity index is 1.71. The molecule has 2 aliphatic heterocycles. The van der Waals surface area contributed by atoms with Crippen molar-refractivity contribution in [1.29, 1.82) is 0 Å². The molecule has 25 heavy (non-hydrogen) atoms. The Morgan fingerprint density at radius 3 is 2.44 bits per heavy atom. The Labute approximate surface area is 149 Å². The predicted octanol–water partition coefficient (Wildman–Crippen LogP) is 2.72. The Morgan fingerprint density at radius 1 is 1.16 bits per heavy atom. The molecule has 1 aromatic carbocycles. The molecule has 5 nitrogen and oxygen atoms in total. The van der Waals surface area contributed by atoms with Crippen LogP contribution in [-0.4, -0.2) is 51.4 Å². The van der Waals surface area contributed by atoms with Gasteiger partial charge in [-0.25, -0.2) is 0 Å². The Bertz CT molecular complexity index is 641. The van der Waals surface area contributed by atoms with E-state index in [-0.39, 0.29) is 23.6 Å². The second-order valence-corrected chi connectivity index (χ2v) is 7.54. The summed E-state index contributed by atoms with van der Waals surface area (Å²) in [5, 5.41) is 9.35.